The van der Waals surface area contributed by atoms with E-state index in [0.29, 0.717) is 30.6 Å². The first-order valence-corrected chi connectivity index (χ1v) is 9.54. The highest BCUT2D eigenvalue weighted by molar-refractivity contribution is 6.30. The number of rotatable bonds is 7. The van der Waals surface area contributed by atoms with Gasteiger partial charge in [0.15, 0.2) is 0 Å². The van der Waals surface area contributed by atoms with Crippen molar-refractivity contribution in [1.29, 1.82) is 0 Å². The Bertz CT molecular complexity index is 715. The van der Waals surface area contributed by atoms with E-state index in [9.17, 15) is 4.79 Å². The van der Waals surface area contributed by atoms with Crippen LogP contribution >= 0.6 is 11.6 Å². The Labute approximate surface area is 159 Å². The van der Waals surface area contributed by atoms with Gasteiger partial charge in [-0.1, -0.05) is 18.0 Å². The van der Waals surface area contributed by atoms with Gasteiger partial charge in [0.25, 0.3) is 0 Å². The predicted octanol–water partition coefficient (Wildman–Crippen LogP) is 2.35. The second-order valence-corrected chi connectivity index (χ2v) is 7.17. The zero-order valence-electron chi connectivity index (χ0n) is 14.9. The Hall–Kier alpha value is -1.89. The molecule has 0 saturated carbocycles. The molecule has 0 aliphatic carbocycles. The molecule has 2 heterocycles. The molecule has 0 spiro atoms. The van der Waals surface area contributed by atoms with Gasteiger partial charge in [-0.3, -0.25) is 9.69 Å². The van der Waals surface area contributed by atoms with Crippen molar-refractivity contribution in [3.8, 4) is 5.69 Å². The highest BCUT2D eigenvalue weighted by Gasteiger charge is 2.23. The molecule has 1 aromatic heterocycles. The van der Waals surface area contributed by atoms with Crippen LogP contribution in [0.5, 0.6) is 0 Å². The third-order valence-electron chi connectivity index (χ3n) is 4.77. The van der Waals surface area contributed by atoms with Crippen LogP contribution in [0.2, 0.25) is 5.02 Å². The van der Waals surface area contributed by atoms with Crippen LogP contribution in [0.15, 0.2) is 36.7 Å². The summed E-state index contributed by atoms with van der Waals surface area (Å²) in [6.07, 6.45) is 7.86. The van der Waals surface area contributed by atoms with E-state index in [-0.39, 0.29) is 5.91 Å². The zero-order valence-corrected chi connectivity index (χ0v) is 15.7. The summed E-state index contributed by atoms with van der Waals surface area (Å²) in [5, 5.41) is 8.20. The van der Waals surface area contributed by atoms with Gasteiger partial charge in [0, 0.05) is 48.9 Å². The van der Waals surface area contributed by atoms with Gasteiger partial charge in [0.1, 0.15) is 0 Å². The molecule has 3 N–H and O–H groups in total. The SMILES string of the molecule is NCCC(=O)NCC1CCCCN1Cc1cnn(-c2ccc(Cl)cc2)c1. The molecule has 1 atom stereocenters. The van der Waals surface area contributed by atoms with E-state index in [1.165, 1.54) is 18.4 Å². The lowest BCUT2D eigenvalue weighted by molar-refractivity contribution is -0.121. The van der Waals surface area contributed by atoms with Crippen molar-refractivity contribution in [3.63, 3.8) is 0 Å². The fourth-order valence-electron chi connectivity index (χ4n) is 3.36. The van der Waals surface area contributed by atoms with Crippen LogP contribution in [0.3, 0.4) is 0 Å². The fourth-order valence-corrected chi connectivity index (χ4v) is 3.49. The number of amides is 1. The lowest BCUT2D eigenvalue weighted by atomic mass is 10.0. The summed E-state index contributed by atoms with van der Waals surface area (Å²) in [6.45, 7) is 2.96. The van der Waals surface area contributed by atoms with Crippen molar-refractivity contribution in [1.82, 2.24) is 20.0 Å². The first-order chi connectivity index (χ1) is 12.7. The minimum atomic E-state index is 0.0357. The summed E-state index contributed by atoms with van der Waals surface area (Å²) in [7, 11) is 0. The molecule has 7 heteroatoms. The van der Waals surface area contributed by atoms with E-state index in [4.69, 9.17) is 17.3 Å². The van der Waals surface area contributed by atoms with E-state index < -0.39 is 0 Å². The zero-order chi connectivity index (χ0) is 18.4. The van der Waals surface area contributed by atoms with Crippen molar-refractivity contribution >= 4 is 17.5 Å². The molecule has 2 aromatic rings. The van der Waals surface area contributed by atoms with E-state index in [2.05, 4.69) is 21.5 Å². The van der Waals surface area contributed by atoms with Crippen LogP contribution in [0.25, 0.3) is 5.69 Å². The van der Waals surface area contributed by atoms with Gasteiger partial charge in [-0.05, 0) is 43.7 Å². The maximum Gasteiger partial charge on any atom is 0.221 e. The quantitative estimate of drug-likeness (QED) is 0.778. The number of hydrogen-bond acceptors (Lipinski definition) is 4. The van der Waals surface area contributed by atoms with Crippen molar-refractivity contribution < 1.29 is 4.79 Å². The summed E-state index contributed by atoms with van der Waals surface area (Å²) in [4.78, 5) is 14.1. The van der Waals surface area contributed by atoms with Crippen LogP contribution < -0.4 is 11.1 Å². The second kappa shape index (κ2) is 9.16. The van der Waals surface area contributed by atoms with Crippen LogP contribution in [0, 0.1) is 0 Å². The summed E-state index contributed by atoms with van der Waals surface area (Å²) in [5.74, 6) is 0.0357. The Morgan fingerprint density at radius 1 is 1.31 bits per heavy atom. The lowest BCUT2D eigenvalue weighted by Crippen LogP contribution is -2.46. The number of carbonyl (C=O) groups is 1. The largest absolute Gasteiger partial charge is 0.354 e. The second-order valence-electron chi connectivity index (χ2n) is 6.73. The van der Waals surface area contributed by atoms with Crippen molar-refractivity contribution in [2.24, 2.45) is 5.73 Å². The number of likely N-dealkylation sites (tertiary alicyclic amines) is 1. The summed E-state index contributed by atoms with van der Waals surface area (Å²) >= 11 is 5.95. The van der Waals surface area contributed by atoms with E-state index in [0.717, 1.165) is 25.2 Å². The Kier molecular flexibility index (Phi) is 6.66. The van der Waals surface area contributed by atoms with Crippen molar-refractivity contribution in [2.75, 3.05) is 19.6 Å². The van der Waals surface area contributed by atoms with E-state index in [1.807, 2.05) is 35.1 Å². The van der Waals surface area contributed by atoms with E-state index >= 15 is 0 Å². The highest BCUT2D eigenvalue weighted by atomic mass is 35.5. The molecule has 1 aliphatic rings. The topological polar surface area (TPSA) is 76.2 Å². The standard InChI is InChI=1S/C19H26ClN5O/c20-16-4-6-17(7-5-16)25-14-15(11-23-25)13-24-10-2-1-3-18(24)12-22-19(26)8-9-21/h4-7,11,14,18H,1-3,8-10,12-13,21H2,(H,22,26). The van der Waals surface area contributed by atoms with Gasteiger partial charge in [0.05, 0.1) is 11.9 Å². The van der Waals surface area contributed by atoms with Crippen LogP contribution in [0.4, 0.5) is 0 Å². The summed E-state index contributed by atoms with van der Waals surface area (Å²) in [6, 6.07) is 8.00. The number of halogens is 1. The molecule has 0 radical (unpaired) electrons. The molecule has 140 valence electrons. The van der Waals surface area contributed by atoms with E-state index in [1.54, 1.807) is 0 Å². The smallest absolute Gasteiger partial charge is 0.221 e. The Morgan fingerprint density at radius 2 is 2.12 bits per heavy atom. The number of nitrogens with two attached hydrogens (primary N) is 1. The van der Waals surface area contributed by atoms with Gasteiger partial charge in [0.2, 0.25) is 5.91 Å². The molecular weight excluding hydrogens is 350 g/mol. The molecule has 1 aromatic carbocycles. The molecule has 0 bridgehead atoms. The number of piperidine rings is 1. The molecule has 1 fully saturated rings. The Balaban J connectivity index is 1.61. The minimum absolute atomic E-state index is 0.0357. The van der Waals surface area contributed by atoms with Gasteiger partial charge in [-0.15, -0.1) is 0 Å². The molecule has 26 heavy (non-hydrogen) atoms. The van der Waals surface area contributed by atoms with Gasteiger partial charge < -0.3 is 11.1 Å². The van der Waals surface area contributed by atoms with Gasteiger partial charge >= 0.3 is 0 Å². The number of nitrogens with one attached hydrogen (secondary N) is 1. The molecule has 1 saturated heterocycles. The van der Waals surface area contributed by atoms with Crippen molar-refractivity contribution in [3.05, 3.63) is 47.2 Å². The summed E-state index contributed by atoms with van der Waals surface area (Å²) in [5.41, 5.74) is 7.60. The highest BCUT2D eigenvalue weighted by Crippen LogP contribution is 2.20. The van der Waals surface area contributed by atoms with Gasteiger partial charge in [-0.2, -0.15) is 5.10 Å². The molecular formula is C19H26ClN5O. The van der Waals surface area contributed by atoms with Gasteiger partial charge in [-0.25, -0.2) is 4.68 Å². The molecule has 1 unspecified atom stereocenters. The number of benzene rings is 1. The summed E-state index contributed by atoms with van der Waals surface area (Å²) < 4.78 is 1.87. The predicted molar refractivity (Wildman–Crippen MR) is 103 cm³/mol. The average molecular weight is 376 g/mol. The molecule has 6 nitrogen and oxygen atoms in total. The monoisotopic (exact) mass is 375 g/mol. The van der Waals surface area contributed by atoms with Crippen LogP contribution in [-0.2, 0) is 11.3 Å². The first kappa shape index (κ1) is 18.9. The fraction of sp³-hybridized carbons (Fsp3) is 0.474. The first-order valence-electron chi connectivity index (χ1n) is 9.16. The van der Waals surface area contributed by atoms with Crippen LogP contribution in [-0.4, -0.2) is 46.3 Å². The maximum atomic E-state index is 11.7. The lowest BCUT2D eigenvalue weighted by Gasteiger charge is -2.35. The molecule has 1 aliphatic heterocycles. The Morgan fingerprint density at radius 3 is 2.88 bits per heavy atom. The normalized spacial score (nSPS) is 18.0. The number of carbonyl (C=O) groups excluding carboxylic acids is 1. The number of nitrogens with zero attached hydrogens (tertiary/aromatic N) is 3. The maximum absolute atomic E-state index is 11.7. The molecule has 1 amide bonds. The molecule has 3 rings (SSSR count). The van der Waals surface area contributed by atoms with Crippen molar-refractivity contribution in [2.45, 2.75) is 38.3 Å². The minimum Gasteiger partial charge on any atom is -0.354 e. The number of hydrogen-bond donors (Lipinski definition) is 2. The average Bonchev–Trinajstić information content (AvgIpc) is 3.10. The third-order valence-corrected chi connectivity index (χ3v) is 5.02. The number of aromatic nitrogens is 2. The van der Waals surface area contributed by atoms with Crippen LogP contribution in [0.1, 0.15) is 31.2 Å². The third kappa shape index (κ3) is 5.06.